The molecule has 20 heavy (non-hydrogen) atoms. The van der Waals surface area contributed by atoms with Crippen molar-refractivity contribution in [1.82, 2.24) is 4.57 Å². The molecule has 2 aromatic rings. The molecule has 1 aromatic heterocycles. The molecule has 6 heteroatoms. The smallest absolute Gasteiger partial charge is 0.272 e. The van der Waals surface area contributed by atoms with Crippen LogP contribution in [-0.2, 0) is 6.54 Å². The lowest BCUT2D eigenvalue weighted by molar-refractivity contribution is 0.101. The van der Waals surface area contributed by atoms with Crippen molar-refractivity contribution in [1.29, 1.82) is 0 Å². The van der Waals surface area contributed by atoms with E-state index in [1.807, 2.05) is 6.92 Å². The van der Waals surface area contributed by atoms with E-state index in [4.69, 9.17) is 11.6 Å². The number of hydrogen-bond donors (Lipinski definition) is 1. The van der Waals surface area contributed by atoms with Crippen molar-refractivity contribution in [3.8, 4) is 0 Å². The maximum atomic E-state index is 13.1. The van der Waals surface area contributed by atoms with Crippen LogP contribution in [0, 0.1) is 5.82 Å². The van der Waals surface area contributed by atoms with Crippen molar-refractivity contribution in [3.63, 3.8) is 0 Å². The van der Waals surface area contributed by atoms with Crippen molar-refractivity contribution in [2.75, 3.05) is 5.32 Å². The second kappa shape index (κ2) is 6.41. The van der Waals surface area contributed by atoms with Crippen LogP contribution >= 0.6 is 27.5 Å². The van der Waals surface area contributed by atoms with Crippen molar-refractivity contribution in [2.45, 2.75) is 19.9 Å². The second-order valence-corrected chi connectivity index (χ2v) is 5.61. The topological polar surface area (TPSA) is 34.0 Å². The van der Waals surface area contributed by atoms with Crippen LogP contribution in [0.5, 0.6) is 0 Å². The Hall–Kier alpha value is -1.33. The number of carbonyl (C=O) groups is 1. The van der Waals surface area contributed by atoms with E-state index >= 15 is 0 Å². The lowest BCUT2D eigenvalue weighted by Gasteiger charge is -2.09. The van der Waals surface area contributed by atoms with Gasteiger partial charge in [0.25, 0.3) is 5.91 Å². The molecular formula is C14H13BrClFN2O. The largest absolute Gasteiger partial charge is 0.342 e. The van der Waals surface area contributed by atoms with Crippen LogP contribution in [0.1, 0.15) is 23.8 Å². The van der Waals surface area contributed by atoms with E-state index in [1.54, 1.807) is 16.8 Å². The number of rotatable bonds is 4. The average Bonchev–Trinajstić information content (AvgIpc) is 2.75. The first-order chi connectivity index (χ1) is 9.51. The summed E-state index contributed by atoms with van der Waals surface area (Å²) in [5.41, 5.74) is 1.00. The number of halogens is 3. The number of hydrogen-bond acceptors (Lipinski definition) is 1. The summed E-state index contributed by atoms with van der Waals surface area (Å²) in [7, 11) is 0. The molecule has 0 unspecified atom stereocenters. The molecule has 0 radical (unpaired) electrons. The van der Waals surface area contributed by atoms with Crippen LogP contribution in [0.25, 0.3) is 0 Å². The summed E-state index contributed by atoms with van der Waals surface area (Å²) in [6.45, 7) is 2.73. The highest BCUT2D eigenvalue weighted by Crippen LogP contribution is 2.21. The zero-order chi connectivity index (χ0) is 14.7. The van der Waals surface area contributed by atoms with Gasteiger partial charge in [0, 0.05) is 18.4 Å². The molecule has 0 saturated carbocycles. The van der Waals surface area contributed by atoms with Gasteiger partial charge in [0.2, 0.25) is 0 Å². The lowest BCUT2D eigenvalue weighted by atomic mass is 10.3. The van der Waals surface area contributed by atoms with Gasteiger partial charge >= 0.3 is 0 Å². The third-order valence-corrected chi connectivity index (χ3v) is 3.55. The number of nitrogens with one attached hydrogen (secondary N) is 1. The number of aromatic nitrogens is 1. The average molecular weight is 360 g/mol. The molecule has 0 saturated heterocycles. The first-order valence-corrected chi connectivity index (χ1v) is 7.30. The molecule has 106 valence electrons. The molecule has 1 aromatic carbocycles. The molecule has 0 aliphatic carbocycles. The molecule has 3 nitrogen and oxygen atoms in total. The second-order valence-electron chi connectivity index (χ2n) is 4.32. The first-order valence-electron chi connectivity index (χ1n) is 6.13. The Bertz CT molecular complexity index is 642. The van der Waals surface area contributed by atoms with Gasteiger partial charge in [0.15, 0.2) is 0 Å². The monoisotopic (exact) mass is 358 g/mol. The fraction of sp³-hybridized carbons (Fsp3) is 0.214. The molecule has 0 aliphatic rings. The van der Waals surface area contributed by atoms with Crippen LogP contribution in [0.4, 0.5) is 10.1 Å². The van der Waals surface area contributed by atoms with E-state index in [1.165, 1.54) is 18.2 Å². The van der Waals surface area contributed by atoms with Crippen molar-refractivity contribution < 1.29 is 9.18 Å². The van der Waals surface area contributed by atoms with Crippen molar-refractivity contribution in [3.05, 3.63) is 51.5 Å². The van der Waals surface area contributed by atoms with Crippen LogP contribution < -0.4 is 5.32 Å². The minimum absolute atomic E-state index is 0.274. The van der Waals surface area contributed by atoms with Gasteiger partial charge in [-0.15, -0.1) is 0 Å². The van der Waals surface area contributed by atoms with E-state index in [0.29, 0.717) is 27.4 Å². The molecule has 0 atom stereocenters. The maximum Gasteiger partial charge on any atom is 0.272 e. The predicted octanol–water partition coefficient (Wildman–Crippen LogP) is 4.71. The van der Waals surface area contributed by atoms with Crippen LogP contribution in [-0.4, -0.2) is 10.5 Å². The standard InChI is InChI=1S/C14H13BrClFN2O/c1-2-5-19-8-9(16)6-13(19)14(20)18-10-3-4-12(17)11(15)7-10/h3-4,6-8H,2,5H2,1H3,(H,18,20). The van der Waals surface area contributed by atoms with Gasteiger partial charge in [-0.2, -0.15) is 0 Å². The van der Waals surface area contributed by atoms with Crippen LogP contribution in [0.15, 0.2) is 34.9 Å². The molecule has 0 fully saturated rings. The van der Waals surface area contributed by atoms with Gasteiger partial charge in [-0.1, -0.05) is 18.5 Å². The normalized spacial score (nSPS) is 10.6. The molecule has 1 heterocycles. The van der Waals surface area contributed by atoms with E-state index < -0.39 is 0 Å². The summed E-state index contributed by atoms with van der Waals surface area (Å²) in [5, 5.41) is 3.24. The quantitative estimate of drug-likeness (QED) is 0.843. The number of aryl methyl sites for hydroxylation is 1. The van der Waals surface area contributed by atoms with Crippen molar-refractivity contribution in [2.24, 2.45) is 0 Å². The number of amides is 1. The summed E-state index contributed by atoms with van der Waals surface area (Å²) < 4.78 is 15.3. The number of carbonyl (C=O) groups excluding carboxylic acids is 1. The summed E-state index contributed by atoms with van der Waals surface area (Å²) in [6.07, 6.45) is 2.62. The Kier molecular flexibility index (Phi) is 4.83. The zero-order valence-electron chi connectivity index (χ0n) is 10.8. The van der Waals surface area contributed by atoms with Gasteiger partial charge in [0.05, 0.1) is 9.50 Å². The molecule has 1 amide bonds. The number of benzene rings is 1. The molecule has 0 bridgehead atoms. The van der Waals surface area contributed by atoms with Gasteiger partial charge in [0.1, 0.15) is 11.5 Å². The summed E-state index contributed by atoms with van der Waals surface area (Å²) in [4.78, 5) is 12.2. The Morgan fingerprint density at radius 1 is 1.45 bits per heavy atom. The highest BCUT2D eigenvalue weighted by molar-refractivity contribution is 9.10. The lowest BCUT2D eigenvalue weighted by Crippen LogP contribution is -2.16. The van der Waals surface area contributed by atoms with Gasteiger partial charge < -0.3 is 9.88 Å². The maximum absolute atomic E-state index is 13.1. The minimum atomic E-state index is -0.375. The van der Waals surface area contributed by atoms with Gasteiger partial charge in [-0.25, -0.2) is 4.39 Å². The highest BCUT2D eigenvalue weighted by Gasteiger charge is 2.13. The Morgan fingerprint density at radius 3 is 2.85 bits per heavy atom. The minimum Gasteiger partial charge on any atom is -0.342 e. The van der Waals surface area contributed by atoms with Crippen LogP contribution in [0.2, 0.25) is 5.02 Å². The predicted molar refractivity (Wildman–Crippen MR) is 81.8 cm³/mol. The van der Waals surface area contributed by atoms with E-state index in [9.17, 15) is 9.18 Å². The summed E-state index contributed by atoms with van der Waals surface area (Å²) >= 11 is 9.02. The number of nitrogens with zero attached hydrogens (tertiary/aromatic N) is 1. The van der Waals surface area contributed by atoms with Gasteiger partial charge in [-0.3, -0.25) is 4.79 Å². The first kappa shape index (κ1) is 15.1. The van der Waals surface area contributed by atoms with E-state index in [0.717, 1.165) is 6.42 Å². The van der Waals surface area contributed by atoms with E-state index in [2.05, 4.69) is 21.2 Å². The Balaban J connectivity index is 2.21. The molecular weight excluding hydrogens is 347 g/mol. The highest BCUT2D eigenvalue weighted by atomic mass is 79.9. The van der Waals surface area contributed by atoms with Crippen LogP contribution in [0.3, 0.4) is 0 Å². The van der Waals surface area contributed by atoms with Crippen molar-refractivity contribution >= 4 is 39.1 Å². The number of anilines is 1. The van der Waals surface area contributed by atoms with E-state index in [-0.39, 0.29) is 11.7 Å². The third kappa shape index (κ3) is 3.41. The zero-order valence-corrected chi connectivity index (χ0v) is 13.1. The fourth-order valence-corrected chi connectivity index (χ4v) is 2.46. The SMILES string of the molecule is CCCn1cc(Cl)cc1C(=O)Nc1ccc(F)c(Br)c1. The Morgan fingerprint density at radius 2 is 2.20 bits per heavy atom. The fourth-order valence-electron chi connectivity index (χ4n) is 1.86. The van der Waals surface area contributed by atoms with Gasteiger partial charge in [-0.05, 0) is 46.6 Å². The Labute approximate surface area is 129 Å². The third-order valence-electron chi connectivity index (χ3n) is 2.74. The summed E-state index contributed by atoms with van der Waals surface area (Å²) in [5.74, 6) is -0.649. The molecule has 0 aliphatic heterocycles. The molecule has 0 spiro atoms. The molecule has 1 N–H and O–H groups in total. The molecule has 2 rings (SSSR count). The summed E-state index contributed by atoms with van der Waals surface area (Å²) in [6, 6.07) is 5.93.